The normalized spacial score (nSPS) is 17.9. The first-order chi connectivity index (χ1) is 13.6. The quantitative estimate of drug-likeness (QED) is 0.624. The summed E-state index contributed by atoms with van der Waals surface area (Å²) in [6.45, 7) is 3.77. The molecule has 0 spiro atoms. The standard InChI is InChI=1S/C23H24ClNO3/c1-2-15-7-5-6-12-25(15)13-18-21(26)11-10-17-22(27)19(14-28-23(17)18)16-8-3-4-9-20(16)24/h3-4,8-11,14-15,26H,2,5-7,12-13H2,1H3. The lowest BCUT2D eigenvalue weighted by atomic mass is 9.98. The molecular weight excluding hydrogens is 374 g/mol. The van der Waals surface area contributed by atoms with Crippen molar-refractivity contribution in [3.63, 3.8) is 0 Å². The Kier molecular flexibility index (Phi) is 5.42. The van der Waals surface area contributed by atoms with E-state index in [9.17, 15) is 9.90 Å². The van der Waals surface area contributed by atoms with Crippen LogP contribution in [0, 0.1) is 0 Å². The predicted molar refractivity (Wildman–Crippen MR) is 113 cm³/mol. The highest BCUT2D eigenvalue weighted by atomic mass is 35.5. The zero-order chi connectivity index (χ0) is 19.7. The smallest absolute Gasteiger partial charge is 0.200 e. The lowest BCUT2D eigenvalue weighted by Gasteiger charge is -2.35. The summed E-state index contributed by atoms with van der Waals surface area (Å²) in [5.41, 5.74) is 2.08. The second-order valence-electron chi connectivity index (χ2n) is 7.43. The van der Waals surface area contributed by atoms with Gasteiger partial charge in [0.05, 0.1) is 16.5 Å². The number of nitrogens with zero attached hydrogens (tertiary/aromatic N) is 1. The summed E-state index contributed by atoms with van der Waals surface area (Å²) in [7, 11) is 0. The molecule has 0 radical (unpaired) electrons. The number of fused-ring (bicyclic) bond motifs is 1. The fourth-order valence-corrected chi connectivity index (χ4v) is 4.44. The third-order valence-corrected chi connectivity index (χ3v) is 6.09. The molecule has 1 fully saturated rings. The van der Waals surface area contributed by atoms with Gasteiger partial charge in [-0.15, -0.1) is 0 Å². The van der Waals surface area contributed by atoms with Crippen molar-refractivity contribution >= 4 is 22.6 Å². The molecule has 0 saturated carbocycles. The Bertz CT molecular complexity index is 1060. The maximum Gasteiger partial charge on any atom is 0.200 e. The molecule has 0 bridgehead atoms. The third-order valence-electron chi connectivity index (χ3n) is 5.77. The first kappa shape index (κ1) is 19.0. The van der Waals surface area contributed by atoms with Crippen LogP contribution in [0.5, 0.6) is 5.75 Å². The van der Waals surface area contributed by atoms with E-state index < -0.39 is 0 Å². The molecule has 0 amide bonds. The molecule has 28 heavy (non-hydrogen) atoms. The molecule has 1 aromatic heterocycles. The van der Waals surface area contributed by atoms with Crippen molar-refractivity contribution in [2.75, 3.05) is 6.54 Å². The van der Waals surface area contributed by atoms with Crippen LogP contribution in [0.25, 0.3) is 22.1 Å². The number of phenolic OH excluding ortho intramolecular Hbond substituents is 1. The van der Waals surface area contributed by atoms with Gasteiger partial charge in [-0.3, -0.25) is 9.69 Å². The molecule has 1 saturated heterocycles. The maximum absolute atomic E-state index is 13.1. The van der Waals surface area contributed by atoms with Gasteiger partial charge in [-0.2, -0.15) is 0 Å². The average molecular weight is 398 g/mol. The number of aromatic hydroxyl groups is 1. The molecule has 2 heterocycles. The van der Waals surface area contributed by atoms with Crippen LogP contribution in [0.1, 0.15) is 38.2 Å². The second kappa shape index (κ2) is 7.98. The van der Waals surface area contributed by atoms with Gasteiger partial charge in [0.25, 0.3) is 0 Å². The van der Waals surface area contributed by atoms with Crippen LogP contribution in [0.4, 0.5) is 0 Å². The van der Waals surface area contributed by atoms with Gasteiger partial charge in [-0.05, 0) is 44.0 Å². The van der Waals surface area contributed by atoms with E-state index in [1.807, 2.05) is 12.1 Å². The van der Waals surface area contributed by atoms with Crippen molar-refractivity contribution in [3.8, 4) is 16.9 Å². The molecule has 4 nitrogen and oxygen atoms in total. The summed E-state index contributed by atoms with van der Waals surface area (Å²) in [5.74, 6) is 0.168. The van der Waals surface area contributed by atoms with Crippen LogP contribution >= 0.6 is 11.6 Å². The zero-order valence-electron chi connectivity index (χ0n) is 16.0. The molecule has 0 aliphatic carbocycles. The topological polar surface area (TPSA) is 53.7 Å². The largest absolute Gasteiger partial charge is 0.507 e. The highest BCUT2D eigenvalue weighted by molar-refractivity contribution is 6.33. The van der Waals surface area contributed by atoms with Gasteiger partial charge in [0, 0.05) is 23.2 Å². The van der Waals surface area contributed by atoms with E-state index in [1.165, 1.54) is 19.1 Å². The summed E-state index contributed by atoms with van der Waals surface area (Å²) in [4.78, 5) is 15.5. The summed E-state index contributed by atoms with van der Waals surface area (Å²) in [6.07, 6.45) is 6.10. The van der Waals surface area contributed by atoms with E-state index in [1.54, 1.807) is 24.3 Å². The number of hydrogen-bond acceptors (Lipinski definition) is 4. The van der Waals surface area contributed by atoms with Gasteiger partial charge in [0.15, 0.2) is 0 Å². The number of piperidine rings is 1. The van der Waals surface area contributed by atoms with Gasteiger partial charge in [-0.1, -0.05) is 43.1 Å². The number of benzene rings is 2. The summed E-state index contributed by atoms with van der Waals surface area (Å²) < 4.78 is 5.91. The van der Waals surface area contributed by atoms with Crippen LogP contribution in [-0.4, -0.2) is 22.6 Å². The van der Waals surface area contributed by atoms with Crippen molar-refractivity contribution in [2.45, 2.75) is 45.2 Å². The third kappa shape index (κ3) is 3.43. The second-order valence-corrected chi connectivity index (χ2v) is 7.83. The number of halogens is 1. The minimum atomic E-state index is -0.138. The van der Waals surface area contributed by atoms with Crippen LogP contribution in [0.15, 0.2) is 51.9 Å². The van der Waals surface area contributed by atoms with Crippen LogP contribution in [-0.2, 0) is 6.54 Å². The van der Waals surface area contributed by atoms with Crippen molar-refractivity contribution in [1.82, 2.24) is 4.90 Å². The highest BCUT2D eigenvalue weighted by Gasteiger charge is 2.24. The fourth-order valence-electron chi connectivity index (χ4n) is 4.20. The SMILES string of the molecule is CCC1CCCCN1Cc1c(O)ccc2c(=O)c(-c3ccccc3Cl)coc12. The molecule has 146 valence electrons. The minimum absolute atomic E-state index is 0.138. The van der Waals surface area contributed by atoms with Crippen molar-refractivity contribution in [2.24, 2.45) is 0 Å². The molecule has 2 aromatic carbocycles. The molecule has 1 unspecified atom stereocenters. The number of hydrogen-bond donors (Lipinski definition) is 1. The van der Waals surface area contributed by atoms with E-state index in [-0.39, 0.29) is 11.2 Å². The van der Waals surface area contributed by atoms with E-state index >= 15 is 0 Å². The maximum atomic E-state index is 13.1. The summed E-state index contributed by atoms with van der Waals surface area (Å²) in [6, 6.07) is 11.0. The van der Waals surface area contributed by atoms with Crippen LogP contribution in [0.2, 0.25) is 5.02 Å². The van der Waals surface area contributed by atoms with Gasteiger partial charge < -0.3 is 9.52 Å². The van der Waals surface area contributed by atoms with Gasteiger partial charge in [-0.25, -0.2) is 0 Å². The van der Waals surface area contributed by atoms with E-state index in [4.69, 9.17) is 16.0 Å². The lowest BCUT2D eigenvalue weighted by Crippen LogP contribution is -2.38. The van der Waals surface area contributed by atoms with E-state index in [0.717, 1.165) is 19.4 Å². The Labute approximate surface area is 169 Å². The van der Waals surface area contributed by atoms with Gasteiger partial charge in [0.1, 0.15) is 17.6 Å². The lowest BCUT2D eigenvalue weighted by molar-refractivity contribution is 0.135. The van der Waals surface area contributed by atoms with Crippen molar-refractivity contribution < 1.29 is 9.52 Å². The first-order valence-corrected chi connectivity index (χ1v) is 10.2. The fraction of sp³-hybridized carbons (Fsp3) is 0.348. The van der Waals surface area contributed by atoms with Crippen molar-refractivity contribution in [1.29, 1.82) is 0 Å². The monoisotopic (exact) mass is 397 g/mol. The molecule has 1 aliphatic rings. The Morgan fingerprint density at radius 3 is 2.79 bits per heavy atom. The molecule has 5 heteroatoms. The van der Waals surface area contributed by atoms with Gasteiger partial charge in [0.2, 0.25) is 5.43 Å². The molecular formula is C23H24ClNO3. The van der Waals surface area contributed by atoms with E-state index in [0.29, 0.717) is 45.3 Å². The average Bonchev–Trinajstić information content (AvgIpc) is 2.71. The van der Waals surface area contributed by atoms with Crippen molar-refractivity contribution in [3.05, 3.63) is 63.5 Å². The molecule has 1 N–H and O–H groups in total. The summed E-state index contributed by atoms with van der Waals surface area (Å²) >= 11 is 6.27. The van der Waals surface area contributed by atoms with Crippen LogP contribution < -0.4 is 5.43 Å². The summed E-state index contributed by atoms with van der Waals surface area (Å²) in [5, 5.41) is 11.5. The number of rotatable bonds is 4. The Hall–Kier alpha value is -2.30. The Morgan fingerprint density at radius 1 is 1.18 bits per heavy atom. The molecule has 1 atom stereocenters. The zero-order valence-corrected chi connectivity index (χ0v) is 16.7. The highest BCUT2D eigenvalue weighted by Crippen LogP contribution is 2.32. The molecule has 4 rings (SSSR count). The first-order valence-electron chi connectivity index (χ1n) is 9.85. The van der Waals surface area contributed by atoms with E-state index in [2.05, 4.69) is 11.8 Å². The number of phenols is 1. The Balaban J connectivity index is 1.80. The van der Waals surface area contributed by atoms with Gasteiger partial charge >= 0.3 is 0 Å². The predicted octanol–water partition coefficient (Wildman–Crippen LogP) is 5.58. The molecule has 1 aliphatic heterocycles. The number of likely N-dealkylation sites (tertiary alicyclic amines) is 1. The Morgan fingerprint density at radius 2 is 2.00 bits per heavy atom. The molecule has 3 aromatic rings. The van der Waals surface area contributed by atoms with Crippen LogP contribution in [0.3, 0.4) is 0 Å². The minimum Gasteiger partial charge on any atom is -0.507 e.